The van der Waals surface area contributed by atoms with E-state index >= 15 is 0 Å². The molecule has 0 aromatic carbocycles. The number of nitrogens with zero attached hydrogens (tertiary/aromatic N) is 5. The van der Waals surface area contributed by atoms with E-state index in [0.717, 1.165) is 50.3 Å². The van der Waals surface area contributed by atoms with Gasteiger partial charge in [-0.15, -0.1) is 0 Å². The van der Waals surface area contributed by atoms with E-state index in [1.807, 2.05) is 10.8 Å². The van der Waals surface area contributed by atoms with E-state index in [9.17, 15) is 4.79 Å². The molecule has 0 spiro atoms. The predicted octanol–water partition coefficient (Wildman–Crippen LogP) is 2.56. The molecule has 1 saturated carbocycles. The molecule has 6 heteroatoms. The lowest BCUT2D eigenvalue weighted by Gasteiger charge is -2.33. The first-order valence-electron chi connectivity index (χ1n) is 8.91. The Bertz CT molecular complexity index is 685. The van der Waals surface area contributed by atoms with E-state index < -0.39 is 0 Å². The lowest BCUT2D eigenvalue weighted by molar-refractivity contribution is -0.136. The van der Waals surface area contributed by atoms with Crippen molar-refractivity contribution in [3.8, 4) is 5.82 Å². The van der Waals surface area contributed by atoms with E-state index in [-0.39, 0.29) is 5.92 Å². The van der Waals surface area contributed by atoms with Gasteiger partial charge in [-0.05, 0) is 25.7 Å². The molecule has 2 aliphatic rings. The topological polar surface area (TPSA) is 63.9 Å². The zero-order valence-electron chi connectivity index (χ0n) is 13.8. The first-order chi connectivity index (χ1) is 11.8. The van der Waals surface area contributed by atoms with Crippen molar-refractivity contribution in [2.24, 2.45) is 5.92 Å². The van der Waals surface area contributed by atoms with Crippen LogP contribution in [0.2, 0.25) is 0 Å². The fraction of sp³-hybridized carbons (Fsp3) is 0.556. The van der Waals surface area contributed by atoms with Crippen molar-refractivity contribution in [3.63, 3.8) is 0 Å². The number of aromatic nitrogens is 4. The minimum absolute atomic E-state index is 0.277. The molecule has 0 radical (unpaired) electrons. The third-order valence-electron chi connectivity index (χ3n) is 5.35. The van der Waals surface area contributed by atoms with Crippen molar-refractivity contribution >= 4 is 5.91 Å². The Morgan fingerprint density at radius 3 is 2.46 bits per heavy atom. The number of rotatable bonds is 3. The maximum absolute atomic E-state index is 12.6. The Balaban J connectivity index is 1.46. The summed E-state index contributed by atoms with van der Waals surface area (Å²) in [7, 11) is 0. The number of carbonyl (C=O) groups excluding carboxylic acids is 1. The lowest BCUT2D eigenvalue weighted by Crippen LogP contribution is -2.41. The Labute approximate surface area is 141 Å². The average Bonchev–Trinajstić information content (AvgIpc) is 3.35. The van der Waals surface area contributed by atoms with Gasteiger partial charge in [-0.1, -0.05) is 12.8 Å². The van der Waals surface area contributed by atoms with Crippen LogP contribution in [0.25, 0.3) is 5.82 Å². The van der Waals surface area contributed by atoms with Crippen molar-refractivity contribution in [2.45, 2.75) is 44.4 Å². The smallest absolute Gasteiger partial charge is 0.225 e. The van der Waals surface area contributed by atoms with E-state index in [1.165, 1.54) is 12.8 Å². The highest BCUT2D eigenvalue weighted by Crippen LogP contribution is 2.32. The summed E-state index contributed by atoms with van der Waals surface area (Å²) >= 11 is 0. The minimum Gasteiger partial charge on any atom is -0.342 e. The van der Waals surface area contributed by atoms with Gasteiger partial charge in [-0.3, -0.25) is 14.3 Å². The number of hydrogen-bond donors (Lipinski definition) is 0. The summed E-state index contributed by atoms with van der Waals surface area (Å²) in [5.41, 5.74) is 1.02. The van der Waals surface area contributed by atoms with Gasteiger partial charge in [0.2, 0.25) is 5.91 Å². The number of carbonyl (C=O) groups is 1. The van der Waals surface area contributed by atoms with Crippen molar-refractivity contribution < 1.29 is 4.79 Å². The molecule has 2 fully saturated rings. The van der Waals surface area contributed by atoms with Crippen LogP contribution in [-0.2, 0) is 4.79 Å². The van der Waals surface area contributed by atoms with Crippen molar-refractivity contribution in [1.82, 2.24) is 24.4 Å². The average molecular weight is 325 g/mol. The van der Waals surface area contributed by atoms with Crippen molar-refractivity contribution in [3.05, 3.63) is 36.8 Å². The fourth-order valence-electron chi connectivity index (χ4n) is 4.02. The van der Waals surface area contributed by atoms with E-state index in [1.54, 1.807) is 24.9 Å². The van der Waals surface area contributed by atoms with Crippen LogP contribution in [0.3, 0.4) is 0 Å². The molecular formula is C18H23N5O. The molecular weight excluding hydrogens is 302 g/mol. The number of hydrogen-bond acceptors (Lipinski definition) is 4. The molecule has 6 nitrogen and oxygen atoms in total. The summed E-state index contributed by atoms with van der Waals surface area (Å²) in [6, 6.07) is 0. The zero-order chi connectivity index (χ0) is 16.4. The van der Waals surface area contributed by atoms with Crippen LogP contribution < -0.4 is 0 Å². The van der Waals surface area contributed by atoms with Gasteiger partial charge in [-0.2, -0.15) is 0 Å². The second kappa shape index (κ2) is 6.71. The minimum atomic E-state index is 0.277. The molecule has 1 saturated heterocycles. The van der Waals surface area contributed by atoms with Gasteiger partial charge < -0.3 is 4.90 Å². The van der Waals surface area contributed by atoms with Gasteiger partial charge >= 0.3 is 0 Å². The van der Waals surface area contributed by atoms with Gasteiger partial charge in [-0.25, -0.2) is 9.97 Å². The van der Waals surface area contributed by atoms with Crippen LogP contribution in [0.1, 0.15) is 50.1 Å². The fourth-order valence-corrected chi connectivity index (χ4v) is 4.02. The van der Waals surface area contributed by atoms with Crippen LogP contribution in [0, 0.1) is 5.92 Å². The van der Waals surface area contributed by atoms with Gasteiger partial charge in [0.25, 0.3) is 0 Å². The Hall–Kier alpha value is -2.24. The van der Waals surface area contributed by atoms with Gasteiger partial charge in [0.1, 0.15) is 6.33 Å². The van der Waals surface area contributed by atoms with Crippen molar-refractivity contribution in [2.75, 3.05) is 13.1 Å². The van der Waals surface area contributed by atoms with Gasteiger partial charge in [0, 0.05) is 49.7 Å². The summed E-state index contributed by atoms with van der Waals surface area (Å²) < 4.78 is 1.92. The summed E-state index contributed by atoms with van der Waals surface area (Å²) in [6.45, 7) is 1.67. The SMILES string of the molecule is O=C(C1CCCC1)N1CCC(c2nccnc2-n2ccnc2)CC1. The van der Waals surface area contributed by atoms with E-state index in [0.29, 0.717) is 11.8 Å². The van der Waals surface area contributed by atoms with Gasteiger partial charge in [0.15, 0.2) is 5.82 Å². The van der Waals surface area contributed by atoms with Gasteiger partial charge in [0.05, 0.1) is 5.69 Å². The van der Waals surface area contributed by atoms with Crippen LogP contribution in [0.4, 0.5) is 0 Å². The summed E-state index contributed by atoms with van der Waals surface area (Å²) in [6.07, 6.45) is 15.4. The number of imidazole rings is 1. The Morgan fingerprint density at radius 2 is 1.75 bits per heavy atom. The molecule has 2 aromatic heterocycles. The molecule has 4 rings (SSSR count). The lowest BCUT2D eigenvalue weighted by atomic mass is 9.92. The van der Waals surface area contributed by atoms with Crippen LogP contribution >= 0.6 is 0 Å². The number of likely N-dealkylation sites (tertiary alicyclic amines) is 1. The molecule has 0 N–H and O–H groups in total. The summed E-state index contributed by atoms with van der Waals surface area (Å²) in [5, 5.41) is 0. The number of piperidine rings is 1. The second-order valence-electron chi connectivity index (χ2n) is 6.82. The van der Waals surface area contributed by atoms with Crippen LogP contribution in [0.5, 0.6) is 0 Å². The van der Waals surface area contributed by atoms with E-state index in [2.05, 4.69) is 19.9 Å². The second-order valence-corrected chi connectivity index (χ2v) is 6.82. The quantitative estimate of drug-likeness (QED) is 0.870. The van der Waals surface area contributed by atoms with Crippen LogP contribution in [0.15, 0.2) is 31.1 Å². The highest BCUT2D eigenvalue weighted by molar-refractivity contribution is 5.79. The third-order valence-corrected chi connectivity index (χ3v) is 5.35. The maximum atomic E-state index is 12.6. The number of amides is 1. The standard InChI is InChI=1S/C18H23N5O/c24-18(15-3-1-2-4-15)22-10-5-14(6-11-22)16-17(21-8-7-20-16)23-12-9-19-13-23/h7-9,12-15H,1-6,10-11H2. The zero-order valence-corrected chi connectivity index (χ0v) is 13.8. The predicted molar refractivity (Wildman–Crippen MR) is 89.7 cm³/mol. The highest BCUT2D eigenvalue weighted by atomic mass is 16.2. The molecule has 1 aliphatic carbocycles. The Kier molecular flexibility index (Phi) is 4.28. The molecule has 1 amide bonds. The summed E-state index contributed by atoms with van der Waals surface area (Å²) in [4.78, 5) is 27.8. The molecule has 2 aromatic rings. The molecule has 24 heavy (non-hydrogen) atoms. The van der Waals surface area contributed by atoms with Crippen LogP contribution in [-0.4, -0.2) is 43.4 Å². The molecule has 1 aliphatic heterocycles. The first kappa shape index (κ1) is 15.3. The third kappa shape index (κ3) is 2.92. The molecule has 126 valence electrons. The molecule has 0 unspecified atom stereocenters. The maximum Gasteiger partial charge on any atom is 0.225 e. The van der Waals surface area contributed by atoms with E-state index in [4.69, 9.17) is 0 Å². The Morgan fingerprint density at radius 1 is 1.00 bits per heavy atom. The first-order valence-corrected chi connectivity index (χ1v) is 8.91. The van der Waals surface area contributed by atoms with Crippen molar-refractivity contribution in [1.29, 1.82) is 0 Å². The molecule has 3 heterocycles. The summed E-state index contributed by atoms with van der Waals surface area (Å²) in [5.74, 6) is 1.86. The monoisotopic (exact) mass is 325 g/mol. The molecule has 0 atom stereocenters. The normalized spacial score (nSPS) is 19.8. The molecule has 0 bridgehead atoms. The highest BCUT2D eigenvalue weighted by Gasteiger charge is 2.31. The largest absolute Gasteiger partial charge is 0.342 e.